The van der Waals surface area contributed by atoms with Crippen molar-refractivity contribution in [2.24, 2.45) is 0 Å². The Hall–Kier alpha value is -1.45. The quantitative estimate of drug-likeness (QED) is 0.749. The van der Waals surface area contributed by atoms with Crippen LogP contribution >= 0.6 is 0 Å². The standard InChI is InChI=1S/C14H23N5O3S/c1-2-23(20,21)19-7-5-17(6-8-19)13-3-4-14(16-15-13)18-9-11-22-12-10-18/h3-4H,2,5-12H2,1H3. The highest BCUT2D eigenvalue weighted by molar-refractivity contribution is 7.89. The number of morpholine rings is 1. The van der Waals surface area contributed by atoms with Crippen LogP contribution in [-0.2, 0) is 14.8 Å². The first-order chi connectivity index (χ1) is 11.1. The minimum Gasteiger partial charge on any atom is -0.378 e. The predicted molar refractivity (Wildman–Crippen MR) is 88.3 cm³/mol. The van der Waals surface area contributed by atoms with Crippen LogP contribution in [0.1, 0.15) is 6.92 Å². The number of anilines is 2. The maximum atomic E-state index is 11.9. The lowest BCUT2D eigenvalue weighted by molar-refractivity contribution is 0.122. The lowest BCUT2D eigenvalue weighted by atomic mass is 10.3. The SMILES string of the molecule is CCS(=O)(=O)N1CCN(c2ccc(N3CCOCC3)nn2)CC1. The average Bonchev–Trinajstić information content (AvgIpc) is 2.63. The van der Waals surface area contributed by atoms with Crippen molar-refractivity contribution in [3.8, 4) is 0 Å². The zero-order valence-electron chi connectivity index (χ0n) is 13.4. The minimum absolute atomic E-state index is 0.154. The van der Waals surface area contributed by atoms with Crippen LogP contribution in [0.25, 0.3) is 0 Å². The van der Waals surface area contributed by atoms with Gasteiger partial charge < -0.3 is 14.5 Å². The van der Waals surface area contributed by atoms with Gasteiger partial charge in [-0.1, -0.05) is 0 Å². The highest BCUT2D eigenvalue weighted by Gasteiger charge is 2.26. The van der Waals surface area contributed by atoms with Crippen molar-refractivity contribution >= 4 is 21.7 Å². The number of ether oxygens (including phenoxy) is 1. The van der Waals surface area contributed by atoms with Crippen molar-refractivity contribution in [3.63, 3.8) is 0 Å². The fourth-order valence-corrected chi connectivity index (χ4v) is 3.91. The lowest BCUT2D eigenvalue weighted by Crippen LogP contribution is -2.49. The molecule has 2 aliphatic heterocycles. The van der Waals surface area contributed by atoms with E-state index in [1.165, 1.54) is 0 Å². The summed E-state index contributed by atoms with van der Waals surface area (Å²) < 4.78 is 30.7. The third kappa shape index (κ3) is 3.73. The van der Waals surface area contributed by atoms with Gasteiger partial charge in [0.05, 0.1) is 19.0 Å². The summed E-state index contributed by atoms with van der Waals surface area (Å²) in [6.45, 7) is 7.08. The fraction of sp³-hybridized carbons (Fsp3) is 0.714. The van der Waals surface area contributed by atoms with Gasteiger partial charge in [0.15, 0.2) is 11.6 Å². The van der Waals surface area contributed by atoms with E-state index in [0.717, 1.165) is 37.9 Å². The summed E-state index contributed by atoms with van der Waals surface area (Å²) >= 11 is 0. The molecule has 0 saturated carbocycles. The van der Waals surface area contributed by atoms with Crippen LogP contribution in [0, 0.1) is 0 Å². The first-order valence-electron chi connectivity index (χ1n) is 7.99. The summed E-state index contributed by atoms with van der Waals surface area (Å²) in [5.41, 5.74) is 0. The molecule has 0 atom stereocenters. The van der Waals surface area contributed by atoms with Crippen molar-refractivity contribution in [2.75, 3.05) is 68.0 Å². The van der Waals surface area contributed by atoms with Gasteiger partial charge in [0.2, 0.25) is 10.0 Å². The van der Waals surface area contributed by atoms with E-state index in [4.69, 9.17) is 4.74 Å². The molecule has 2 saturated heterocycles. The Morgan fingerprint density at radius 2 is 1.48 bits per heavy atom. The van der Waals surface area contributed by atoms with Crippen molar-refractivity contribution < 1.29 is 13.2 Å². The minimum atomic E-state index is -3.10. The molecule has 8 nitrogen and oxygen atoms in total. The number of hydrogen-bond donors (Lipinski definition) is 0. The zero-order chi connectivity index (χ0) is 16.3. The van der Waals surface area contributed by atoms with Gasteiger partial charge in [0.25, 0.3) is 0 Å². The summed E-state index contributed by atoms with van der Waals surface area (Å²) in [5, 5.41) is 8.62. The summed E-state index contributed by atoms with van der Waals surface area (Å²) in [7, 11) is -3.10. The normalized spacial score (nSPS) is 20.7. The molecule has 0 aliphatic carbocycles. The van der Waals surface area contributed by atoms with Gasteiger partial charge in [0.1, 0.15) is 0 Å². The van der Waals surface area contributed by atoms with Crippen molar-refractivity contribution in [3.05, 3.63) is 12.1 Å². The number of hydrogen-bond acceptors (Lipinski definition) is 7. The molecule has 128 valence electrons. The van der Waals surface area contributed by atoms with Gasteiger partial charge in [-0.05, 0) is 19.1 Å². The second-order valence-electron chi connectivity index (χ2n) is 5.64. The molecule has 0 spiro atoms. The smallest absolute Gasteiger partial charge is 0.213 e. The zero-order valence-corrected chi connectivity index (χ0v) is 14.2. The maximum absolute atomic E-state index is 11.9. The van der Waals surface area contributed by atoms with E-state index in [9.17, 15) is 8.42 Å². The van der Waals surface area contributed by atoms with Crippen LogP contribution in [0.15, 0.2) is 12.1 Å². The molecule has 0 amide bonds. The molecule has 23 heavy (non-hydrogen) atoms. The third-order valence-electron chi connectivity index (χ3n) is 4.29. The molecule has 0 unspecified atom stereocenters. The molecule has 0 aromatic carbocycles. The highest BCUT2D eigenvalue weighted by Crippen LogP contribution is 2.18. The van der Waals surface area contributed by atoms with Gasteiger partial charge in [-0.15, -0.1) is 10.2 Å². The fourth-order valence-electron chi connectivity index (χ4n) is 2.83. The molecule has 2 aliphatic rings. The van der Waals surface area contributed by atoms with Gasteiger partial charge in [0, 0.05) is 39.3 Å². The van der Waals surface area contributed by atoms with Crippen molar-refractivity contribution in [2.45, 2.75) is 6.92 Å². The molecule has 0 N–H and O–H groups in total. The Bertz CT molecular complexity index is 608. The van der Waals surface area contributed by atoms with Gasteiger partial charge in [-0.25, -0.2) is 8.42 Å². The van der Waals surface area contributed by atoms with Crippen LogP contribution in [0.3, 0.4) is 0 Å². The first-order valence-corrected chi connectivity index (χ1v) is 9.60. The van der Waals surface area contributed by atoms with E-state index in [-0.39, 0.29) is 5.75 Å². The van der Waals surface area contributed by atoms with E-state index in [0.29, 0.717) is 26.2 Å². The second-order valence-corrected chi connectivity index (χ2v) is 7.89. The molecule has 9 heteroatoms. The number of piperazine rings is 1. The largest absolute Gasteiger partial charge is 0.378 e. The number of nitrogens with zero attached hydrogens (tertiary/aromatic N) is 5. The lowest BCUT2D eigenvalue weighted by Gasteiger charge is -2.34. The third-order valence-corrected chi connectivity index (χ3v) is 6.17. The Morgan fingerprint density at radius 3 is 1.96 bits per heavy atom. The highest BCUT2D eigenvalue weighted by atomic mass is 32.2. The monoisotopic (exact) mass is 341 g/mol. The molecule has 1 aromatic heterocycles. The Morgan fingerprint density at radius 1 is 0.957 bits per heavy atom. The summed E-state index contributed by atoms with van der Waals surface area (Å²) in [6, 6.07) is 3.94. The number of aromatic nitrogens is 2. The van der Waals surface area contributed by atoms with E-state index >= 15 is 0 Å². The van der Waals surface area contributed by atoms with E-state index in [2.05, 4.69) is 20.0 Å². The molecule has 3 heterocycles. The molecular weight excluding hydrogens is 318 g/mol. The van der Waals surface area contributed by atoms with Crippen LogP contribution in [0.4, 0.5) is 11.6 Å². The van der Waals surface area contributed by atoms with E-state index in [1.807, 2.05) is 12.1 Å². The Kier molecular flexibility index (Phi) is 4.98. The van der Waals surface area contributed by atoms with E-state index < -0.39 is 10.0 Å². The topological polar surface area (TPSA) is 78.9 Å². The van der Waals surface area contributed by atoms with Crippen LogP contribution < -0.4 is 9.80 Å². The predicted octanol–water partition coefficient (Wildman–Crippen LogP) is -0.215. The number of sulfonamides is 1. The molecular formula is C14H23N5O3S. The molecule has 0 bridgehead atoms. The van der Waals surface area contributed by atoms with Crippen LogP contribution in [0.5, 0.6) is 0 Å². The summed E-state index contributed by atoms with van der Waals surface area (Å²) in [4.78, 5) is 4.24. The van der Waals surface area contributed by atoms with Crippen LogP contribution in [0.2, 0.25) is 0 Å². The average molecular weight is 341 g/mol. The van der Waals surface area contributed by atoms with Crippen LogP contribution in [-0.4, -0.2) is 81.2 Å². The maximum Gasteiger partial charge on any atom is 0.213 e. The number of rotatable bonds is 4. The molecule has 1 aromatic rings. The second kappa shape index (κ2) is 6.98. The summed E-state index contributed by atoms with van der Waals surface area (Å²) in [6.07, 6.45) is 0. The molecule has 2 fully saturated rings. The van der Waals surface area contributed by atoms with Crippen molar-refractivity contribution in [1.29, 1.82) is 0 Å². The van der Waals surface area contributed by atoms with Gasteiger partial charge in [-0.3, -0.25) is 0 Å². The van der Waals surface area contributed by atoms with Crippen molar-refractivity contribution in [1.82, 2.24) is 14.5 Å². The summed E-state index contributed by atoms with van der Waals surface area (Å²) in [5.74, 6) is 1.82. The van der Waals surface area contributed by atoms with Gasteiger partial charge >= 0.3 is 0 Å². The Labute approximate surface area is 137 Å². The first kappa shape index (κ1) is 16.4. The van der Waals surface area contributed by atoms with Gasteiger partial charge in [-0.2, -0.15) is 4.31 Å². The molecule has 3 rings (SSSR count). The molecule has 0 radical (unpaired) electrons. The van der Waals surface area contributed by atoms with E-state index in [1.54, 1.807) is 11.2 Å². The Balaban J connectivity index is 1.60.